The molecule has 202 valence electrons. The third kappa shape index (κ3) is 4.71. The van der Waals surface area contributed by atoms with Crippen LogP contribution in [0.15, 0.2) is 82.1 Å². The van der Waals surface area contributed by atoms with E-state index >= 15 is 0 Å². The molecular weight excluding hydrogens is 643 g/mol. The Bertz CT molecular complexity index is 1840. The van der Waals surface area contributed by atoms with Crippen LogP contribution >= 0.6 is 33.9 Å². The highest BCUT2D eigenvalue weighted by Gasteiger charge is 2.36. The summed E-state index contributed by atoms with van der Waals surface area (Å²) in [5.41, 5.74) is 2.77. The lowest BCUT2D eigenvalue weighted by Crippen LogP contribution is -2.40. The van der Waals surface area contributed by atoms with Crippen molar-refractivity contribution in [1.29, 1.82) is 0 Å². The molecule has 0 fully saturated rings. The molecular formula is C30H23IN2O6S. The molecule has 1 aromatic heterocycles. The Balaban J connectivity index is 1.62. The third-order valence-corrected chi connectivity index (χ3v) is 8.39. The van der Waals surface area contributed by atoms with Gasteiger partial charge < -0.3 is 18.9 Å². The molecule has 3 heterocycles. The minimum atomic E-state index is -0.793. The predicted octanol–water partition coefficient (Wildman–Crippen LogP) is 4.28. The molecule has 8 nitrogen and oxygen atoms in total. The van der Waals surface area contributed by atoms with E-state index in [0.717, 1.165) is 20.4 Å². The van der Waals surface area contributed by atoms with Crippen molar-refractivity contribution in [3.8, 4) is 17.2 Å². The summed E-state index contributed by atoms with van der Waals surface area (Å²) < 4.78 is 25.0. The molecule has 0 aliphatic carbocycles. The van der Waals surface area contributed by atoms with Crippen LogP contribution in [0.3, 0.4) is 0 Å². The first kappa shape index (κ1) is 26.3. The zero-order valence-corrected chi connectivity index (χ0v) is 24.5. The van der Waals surface area contributed by atoms with Crippen molar-refractivity contribution in [1.82, 2.24) is 4.57 Å². The van der Waals surface area contributed by atoms with Gasteiger partial charge in [0.2, 0.25) is 6.79 Å². The van der Waals surface area contributed by atoms with Crippen LogP contribution in [-0.4, -0.2) is 31.0 Å². The number of ether oxygens (including phenoxy) is 4. The van der Waals surface area contributed by atoms with E-state index in [4.69, 9.17) is 23.9 Å². The minimum Gasteiger partial charge on any atom is -0.496 e. The summed E-state index contributed by atoms with van der Waals surface area (Å²) in [6, 6.07) is 19.8. The van der Waals surface area contributed by atoms with Crippen molar-refractivity contribution in [2.24, 2.45) is 4.99 Å². The maximum Gasteiger partial charge on any atom is 0.338 e. The van der Waals surface area contributed by atoms with Gasteiger partial charge in [-0.1, -0.05) is 53.8 Å². The van der Waals surface area contributed by atoms with Crippen LogP contribution in [0.2, 0.25) is 0 Å². The lowest BCUT2D eigenvalue weighted by atomic mass is 9.93. The molecule has 40 heavy (non-hydrogen) atoms. The van der Waals surface area contributed by atoms with Gasteiger partial charge in [-0.3, -0.25) is 9.36 Å². The highest BCUT2D eigenvalue weighted by Crippen LogP contribution is 2.40. The topological polar surface area (TPSA) is 88.4 Å². The van der Waals surface area contributed by atoms with E-state index in [0.29, 0.717) is 32.1 Å². The van der Waals surface area contributed by atoms with Crippen LogP contribution in [0.5, 0.6) is 17.2 Å². The minimum absolute atomic E-state index is 0.109. The zero-order valence-electron chi connectivity index (χ0n) is 21.5. The van der Waals surface area contributed by atoms with Gasteiger partial charge in [0.15, 0.2) is 16.3 Å². The Morgan fingerprint density at radius 1 is 1.12 bits per heavy atom. The van der Waals surface area contributed by atoms with Crippen LogP contribution in [0.25, 0.3) is 11.8 Å². The molecule has 2 aliphatic heterocycles. The largest absolute Gasteiger partial charge is 0.496 e. The maximum absolute atomic E-state index is 14.0. The fraction of sp³-hybridized carbons (Fsp3) is 0.167. The van der Waals surface area contributed by atoms with Crippen LogP contribution in [-0.2, 0) is 9.53 Å². The van der Waals surface area contributed by atoms with Gasteiger partial charge in [0.1, 0.15) is 5.75 Å². The second-order valence-corrected chi connectivity index (χ2v) is 11.1. The molecule has 0 bridgehead atoms. The van der Waals surface area contributed by atoms with Gasteiger partial charge in [-0.2, -0.15) is 0 Å². The molecule has 0 spiro atoms. The standard InChI is InChI=1S/C30H23IN2O6S/c1-3-37-29(35)25-26(18-7-5-4-6-8-18)32-30-33(27(25)19-10-12-22-23(15-19)39-16-38-22)28(34)24(40-30)14-17-9-11-21(36-2)20(31)13-17/h4-15,27H,3,16H2,1-2H3/b24-14+/t27-/m0/s1. The van der Waals surface area contributed by atoms with Crippen molar-refractivity contribution < 1.29 is 23.7 Å². The van der Waals surface area contributed by atoms with Gasteiger partial charge in [-0.25, -0.2) is 9.79 Å². The maximum atomic E-state index is 14.0. The van der Waals surface area contributed by atoms with E-state index in [9.17, 15) is 9.59 Å². The highest BCUT2D eigenvalue weighted by atomic mass is 127. The Morgan fingerprint density at radius 2 is 1.93 bits per heavy atom. The third-order valence-electron chi connectivity index (χ3n) is 6.56. The van der Waals surface area contributed by atoms with Crippen LogP contribution in [0, 0.1) is 3.57 Å². The Kier molecular flexibility index (Phi) is 7.20. The monoisotopic (exact) mass is 666 g/mol. The van der Waals surface area contributed by atoms with E-state index in [1.807, 2.05) is 66.7 Å². The number of methoxy groups -OCH3 is 1. The molecule has 2 aliphatic rings. The number of carbonyl (C=O) groups is 1. The molecule has 0 N–H and O–H groups in total. The SMILES string of the molecule is CCOC(=O)C1=C(c2ccccc2)N=c2s/c(=C/c3ccc(OC)c(I)c3)c(=O)n2[C@H]1c1ccc2c(c1)OCO2. The zero-order chi connectivity index (χ0) is 27.8. The second kappa shape index (κ2) is 10.9. The number of fused-ring (bicyclic) bond motifs is 2. The van der Waals surface area contributed by atoms with Crippen molar-refractivity contribution >= 4 is 51.7 Å². The number of aromatic nitrogens is 1. The summed E-state index contributed by atoms with van der Waals surface area (Å²) in [7, 11) is 1.62. The van der Waals surface area contributed by atoms with Crippen molar-refractivity contribution in [2.45, 2.75) is 13.0 Å². The second-order valence-electron chi connectivity index (χ2n) is 8.94. The summed E-state index contributed by atoms with van der Waals surface area (Å²) in [4.78, 5) is 33.0. The summed E-state index contributed by atoms with van der Waals surface area (Å²) in [6.07, 6.45) is 1.83. The summed E-state index contributed by atoms with van der Waals surface area (Å²) in [6.45, 7) is 2.04. The van der Waals surface area contributed by atoms with Gasteiger partial charge in [0, 0.05) is 5.56 Å². The molecule has 0 saturated carbocycles. The van der Waals surface area contributed by atoms with E-state index < -0.39 is 12.0 Å². The number of benzene rings is 3. The average molecular weight is 666 g/mol. The highest BCUT2D eigenvalue weighted by molar-refractivity contribution is 14.1. The average Bonchev–Trinajstić information content (AvgIpc) is 3.56. The van der Waals surface area contributed by atoms with Gasteiger partial charge >= 0.3 is 5.97 Å². The molecule has 4 aromatic rings. The van der Waals surface area contributed by atoms with E-state index in [2.05, 4.69) is 22.6 Å². The molecule has 0 radical (unpaired) electrons. The van der Waals surface area contributed by atoms with Gasteiger partial charge in [-0.15, -0.1) is 0 Å². The first-order valence-electron chi connectivity index (χ1n) is 12.5. The molecule has 0 unspecified atom stereocenters. The Morgan fingerprint density at radius 3 is 2.67 bits per heavy atom. The van der Waals surface area contributed by atoms with E-state index in [-0.39, 0.29) is 24.5 Å². The number of thiazole rings is 1. The molecule has 0 saturated heterocycles. The Labute approximate surface area is 247 Å². The molecule has 1 atom stereocenters. The van der Waals surface area contributed by atoms with Crippen LogP contribution in [0.4, 0.5) is 0 Å². The first-order valence-corrected chi connectivity index (χ1v) is 14.4. The summed E-state index contributed by atoms with van der Waals surface area (Å²) in [5, 5.41) is 0. The fourth-order valence-electron chi connectivity index (χ4n) is 4.76. The van der Waals surface area contributed by atoms with Gasteiger partial charge in [0.05, 0.1) is 39.1 Å². The number of halogens is 1. The molecule has 3 aromatic carbocycles. The van der Waals surface area contributed by atoms with E-state index in [1.165, 1.54) is 11.3 Å². The first-order chi connectivity index (χ1) is 19.5. The smallest absolute Gasteiger partial charge is 0.338 e. The summed E-state index contributed by atoms with van der Waals surface area (Å²) >= 11 is 3.48. The number of nitrogens with zero attached hydrogens (tertiary/aromatic N) is 2. The fourth-order valence-corrected chi connectivity index (χ4v) is 6.52. The predicted molar refractivity (Wildman–Crippen MR) is 159 cm³/mol. The van der Waals surface area contributed by atoms with Crippen molar-refractivity contribution in [3.05, 3.63) is 112 Å². The molecule has 10 heteroatoms. The lowest BCUT2D eigenvalue weighted by molar-refractivity contribution is -0.138. The number of hydrogen-bond acceptors (Lipinski definition) is 8. The normalized spacial score (nSPS) is 16.0. The number of rotatable bonds is 6. The molecule has 0 amide bonds. The van der Waals surface area contributed by atoms with Crippen molar-refractivity contribution in [2.75, 3.05) is 20.5 Å². The summed E-state index contributed by atoms with van der Waals surface area (Å²) in [5.74, 6) is 1.38. The van der Waals surface area contributed by atoms with Crippen LogP contribution < -0.4 is 29.1 Å². The number of esters is 1. The molecule has 6 rings (SSSR count). The lowest BCUT2D eigenvalue weighted by Gasteiger charge is -2.26. The number of carbonyl (C=O) groups excluding carboxylic acids is 1. The Hall–Kier alpha value is -3.90. The van der Waals surface area contributed by atoms with Crippen LogP contribution in [0.1, 0.15) is 29.7 Å². The quantitative estimate of drug-likeness (QED) is 0.226. The van der Waals surface area contributed by atoms with Crippen molar-refractivity contribution in [3.63, 3.8) is 0 Å². The number of hydrogen-bond donors (Lipinski definition) is 0. The van der Waals surface area contributed by atoms with Gasteiger partial charge in [-0.05, 0) is 71.0 Å². The van der Waals surface area contributed by atoms with Gasteiger partial charge in [0.25, 0.3) is 5.56 Å². The van der Waals surface area contributed by atoms with E-state index in [1.54, 1.807) is 24.7 Å².